The second kappa shape index (κ2) is 6.76. The standard InChI is InChI=1S/C16H19FN2O4/c1-10(2)18(9-15(21)22)16(23)11-7-14(20)19(8-11)13-6-4-3-5-12(13)17/h3-6,10-11H,7-9H2,1-2H3,(H,21,22). The number of hydrogen-bond acceptors (Lipinski definition) is 3. The van der Waals surface area contributed by atoms with Crippen LogP contribution in [0.1, 0.15) is 20.3 Å². The van der Waals surface area contributed by atoms with Crippen molar-refractivity contribution in [3.05, 3.63) is 30.1 Å². The number of carboxylic acid groups (broad SMARTS) is 1. The van der Waals surface area contributed by atoms with Crippen molar-refractivity contribution in [3.8, 4) is 0 Å². The molecule has 1 aromatic rings. The van der Waals surface area contributed by atoms with E-state index < -0.39 is 30.2 Å². The van der Waals surface area contributed by atoms with Gasteiger partial charge in [0.15, 0.2) is 0 Å². The molecule has 1 aliphatic heterocycles. The second-order valence-electron chi connectivity index (χ2n) is 5.81. The molecular weight excluding hydrogens is 303 g/mol. The molecule has 2 amide bonds. The third kappa shape index (κ3) is 3.67. The number of amides is 2. The van der Waals surface area contributed by atoms with Gasteiger partial charge in [0.25, 0.3) is 0 Å². The first-order valence-corrected chi connectivity index (χ1v) is 7.38. The zero-order valence-corrected chi connectivity index (χ0v) is 13.0. The second-order valence-corrected chi connectivity index (χ2v) is 5.81. The molecule has 1 heterocycles. The average molecular weight is 322 g/mol. The molecule has 1 unspecified atom stereocenters. The molecule has 1 saturated heterocycles. The number of rotatable bonds is 5. The van der Waals surface area contributed by atoms with E-state index in [1.165, 1.54) is 28.0 Å². The Morgan fingerprint density at radius 3 is 2.61 bits per heavy atom. The van der Waals surface area contributed by atoms with Gasteiger partial charge in [-0.1, -0.05) is 12.1 Å². The first-order chi connectivity index (χ1) is 10.8. The Labute approximate surface area is 133 Å². The van der Waals surface area contributed by atoms with Crippen LogP contribution in [0.3, 0.4) is 0 Å². The summed E-state index contributed by atoms with van der Waals surface area (Å²) in [4.78, 5) is 38.0. The van der Waals surface area contributed by atoms with Crippen molar-refractivity contribution >= 4 is 23.5 Å². The van der Waals surface area contributed by atoms with E-state index in [-0.39, 0.29) is 30.6 Å². The summed E-state index contributed by atoms with van der Waals surface area (Å²) in [6.07, 6.45) is -0.0456. The molecule has 1 N–H and O–H groups in total. The Morgan fingerprint density at radius 2 is 2.04 bits per heavy atom. The quantitative estimate of drug-likeness (QED) is 0.891. The van der Waals surface area contributed by atoms with Gasteiger partial charge in [0, 0.05) is 19.0 Å². The van der Waals surface area contributed by atoms with Gasteiger partial charge in [-0.25, -0.2) is 4.39 Å². The predicted octanol–water partition coefficient (Wildman–Crippen LogP) is 1.50. The fourth-order valence-electron chi connectivity index (χ4n) is 2.67. The summed E-state index contributed by atoms with van der Waals surface area (Å²) in [5.41, 5.74) is 0.141. The molecule has 0 bridgehead atoms. The number of carboxylic acids is 1. The molecule has 6 nitrogen and oxygen atoms in total. The van der Waals surface area contributed by atoms with Crippen LogP contribution in [0.2, 0.25) is 0 Å². The van der Waals surface area contributed by atoms with Crippen LogP contribution in [-0.2, 0) is 14.4 Å². The Hall–Kier alpha value is -2.44. The van der Waals surface area contributed by atoms with Gasteiger partial charge in [0.2, 0.25) is 11.8 Å². The zero-order chi connectivity index (χ0) is 17.1. The smallest absolute Gasteiger partial charge is 0.323 e. The SMILES string of the molecule is CC(C)N(CC(=O)O)C(=O)C1CC(=O)N(c2ccccc2F)C1. The van der Waals surface area contributed by atoms with Crippen molar-refractivity contribution in [3.63, 3.8) is 0 Å². The third-order valence-corrected chi connectivity index (χ3v) is 3.83. The van der Waals surface area contributed by atoms with Crippen LogP contribution in [0, 0.1) is 11.7 Å². The summed E-state index contributed by atoms with van der Waals surface area (Å²) in [5.74, 6) is -3.03. The summed E-state index contributed by atoms with van der Waals surface area (Å²) >= 11 is 0. The van der Waals surface area contributed by atoms with E-state index in [1.807, 2.05) is 0 Å². The highest BCUT2D eigenvalue weighted by Gasteiger charge is 2.38. The number of aliphatic carboxylic acids is 1. The number of carbonyl (C=O) groups is 3. The number of benzene rings is 1. The molecule has 1 fully saturated rings. The number of hydrogen-bond donors (Lipinski definition) is 1. The van der Waals surface area contributed by atoms with Crippen LogP contribution in [0.25, 0.3) is 0 Å². The van der Waals surface area contributed by atoms with E-state index in [2.05, 4.69) is 0 Å². The molecule has 2 rings (SSSR count). The van der Waals surface area contributed by atoms with E-state index in [0.29, 0.717) is 0 Å². The average Bonchev–Trinajstić information content (AvgIpc) is 2.86. The third-order valence-electron chi connectivity index (χ3n) is 3.83. The Balaban J connectivity index is 2.17. The molecule has 1 atom stereocenters. The molecule has 23 heavy (non-hydrogen) atoms. The van der Waals surface area contributed by atoms with Crippen molar-refractivity contribution in [2.75, 3.05) is 18.0 Å². The van der Waals surface area contributed by atoms with E-state index in [1.54, 1.807) is 19.9 Å². The van der Waals surface area contributed by atoms with Crippen molar-refractivity contribution in [2.45, 2.75) is 26.3 Å². The fraction of sp³-hybridized carbons (Fsp3) is 0.438. The minimum absolute atomic E-state index is 0.0456. The van der Waals surface area contributed by atoms with Gasteiger partial charge in [-0.2, -0.15) is 0 Å². The highest BCUT2D eigenvalue weighted by Crippen LogP contribution is 2.28. The van der Waals surface area contributed by atoms with E-state index in [0.717, 1.165) is 0 Å². The van der Waals surface area contributed by atoms with Crippen molar-refractivity contribution < 1.29 is 23.9 Å². The van der Waals surface area contributed by atoms with Crippen molar-refractivity contribution in [1.82, 2.24) is 4.90 Å². The van der Waals surface area contributed by atoms with E-state index in [9.17, 15) is 18.8 Å². The number of nitrogens with zero attached hydrogens (tertiary/aromatic N) is 2. The largest absolute Gasteiger partial charge is 0.480 e. The van der Waals surface area contributed by atoms with Gasteiger partial charge in [-0.3, -0.25) is 14.4 Å². The number of para-hydroxylation sites is 1. The lowest BCUT2D eigenvalue weighted by Gasteiger charge is -2.27. The van der Waals surface area contributed by atoms with Crippen LogP contribution in [0.4, 0.5) is 10.1 Å². The molecule has 1 aromatic carbocycles. The van der Waals surface area contributed by atoms with E-state index in [4.69, 9.17) is 5.11 Å². The molecule has 124 valence electrons. The van der Waals surface area contributed by atoms with Gasteiger partial charge < -0.3 is 14.9 Å². The monoisotopic (exact) mass is 322 g/mol. The lowest BCUT2D eigenvalue weighted by atomic mass is 10.1. The summed E-state index contributed by atoms with van der Waals surface area (Å²) in [7, 11) is 0. The van der Waals surface area contributed by atoms with Gasteiger partial charge in [0.1, 0.15) is 12.4 Å². The Kier molecular flexibility index (Phi) is 4.98. The maximum Gasteiger partial charge on any atom is 0.323 e. The summed E-state index contributed by atoms with van der Waals surface area (Å²) in [6.45, 7) is 3.07. The normalized spacial score (nSPS) is 17.7. The fourth-order valence-corrected chi connectivity index (χ4v) is 2.67. The van der Waals surface area contributed by atoms with Gasteiger partial charge >= 0.3 is 5.97 Å². The van der Waals surface area contributed by atoms with Crippen LogP contribution in [-0.4, -0.2) is 46.9 Å². The molecule has 0 radical (unpaired) electrons. The summed E-state index contributed by atoms with van der Waals surface area (Å²) in [5, 5.41) is 8.92. The van der Waals surface area contributed by atoms with E-state index >= 15 is 0 Å². The van der Waals surface area contributed by atoms with Crippen LogP contribution < -0.4 is 4.90 Å². The molecule has 0 aromatic heterocycles. The van der Waals surface area contributed by atoms with Gasteiger partial charge in [-0.15, -0.1) is 0 Å². The highest BCUT2D eigenvalue weighted by molar-refractivity contribution is 6.00. The number of halogens is 1. The lowest BCUT2D eigenvalue weighted by molar-refractivity contribution is -0.147. The topological polar surface area (TPSA) is 77.9 Å². The van der Waals surface area contributed by atoms with Gasteiger partial charge in [-0.05, 0) is 26.0 Å². The molecular formula is C16H19FN2O4. The highest BCUT2D eigenvalue weighted by atomic mass is 19.1. The maximum absolute atomic E-state index is 13.8. The zero-order valence-electron chi connectivity index (χ0n) is 13.0. The first kappa shape index (κ1) is 16.9. The Bertz CT molecular complexity index is 632. The minimum Gasteiger partial charge on any atom is -0.480 e. The van der Waals surface area contributed by atoms with Gasteiger partial charge in [0.05, 0.1) is 11.6 Å². The summed E-state index contributed by atoms with van der Waals surface area (Å²) in [6, 6.07) is 5.58. The molecule has 0 aliphatic carbocycles. The van der Waals surface area contributed by atoms with Crippen LogP contribution in [0.5, 0.6) is 0 Å². The Morgan fingerprint density at radius 1 is 1.39 bits per heavy atom. The van der Waals surface area contributed by atoms with Crippen LogP contribution >= 0.6 is 0 Å². The molecule has 1 aliphatic rings. The number of carbonyl (C=O) groups excluding carboxylic acids is 2. The summed E-state index contributed by atoms with van der Waals surface area (Å²) < 4.78 is 13.8. The first-order valence-electron chi connectivity index (χ1n) is 7.38. The van der Waals surface area contributed by atoms with Crippen molar-refractivity contribution in [1.29, 1.82) is 0 Å². The molecule has 7 heteroatoms. The minimum atomic E-state index is -1.11. The van der Waals surface area contributed by atoms with Crippen LogP contribution in [0.15, 0.2) is 24.3 Å². The van der Waals surface area contributed by atoms with Crippen molar-refractivity contribution in [2.24, 2.45) is 5.92 Å². The number of anilines is 1. The maximum atomic E-state index is 13.8. The molecule has 0 spiro atoms. The molecule has 0 saturated carbocycles. The lowest BCUT2D eigenvalue weighted by Crippen LogP contribution is -2.44. The predicted molar refractivity (Wildman–Crippen MR) is 81.3 cm³/mol.